The number of aryl methyl sites for hydroxylation is 1. The second-order valence-electron chi connectivity index (χ2n) is 7.36. The molecule has 1 heterocycles. The Bertz CT molecular complexity index is 1270. The van der Waals surface area contributed by atoms with Gasteiger partial charge in [0.1, 0.15) is 24.4 Å². The summed E-state index contributed by atoms with van der Waals surface area (Å²) < 4.78 is 39.1. The van der Waals surface area contributed by atoms with Gasteiger partial charge >= 0.3 is 6.18 Å². The van der Waals surface area contributed by atoms with Crippen LogP contribution in [-0.4, -0.2) is 36.5 Å². The van der Waals surface area contributed by atoms with Crippen molar-refractivity contribution in [1.29, 1.82) is 0 Å². The predicted molar refractivity (Wildman–Crippen MR) is 128 cm³/mol. The minimum Gasteiger partial charge on any atom is -0.398 e. The third-order valence-corrected chi connectivity index (χ3v) is 6.15. The largest absolute Gasteiger partial charge is 0.416 e. The number of aromatic nitrogens is 1. The molecule has 0 spiro atoms. The second kappa shape index (κ2) is 11.1. The third kappa shape index (κ3) is 6.24. The highest BCUT2D eigenvalue weighted by Gasteiger charge is 2.30. The zero-order valence-corrected chi connectivity index (χ0v) is 20.3. The molecule has 184 valence electrons. The van der Waals surface area contributed by atoms with Gasteiger partial charge in [0, 0.05) is 24.4 Å². The fourth-order valence-electron chi connectivity index (χ4n) is 3.19. The number of hydrogen-bond donors (Lipinski definition) is 1. The number of amides is 1. The van der Waals surface area contributed by atoms with Crippen LogP contribution in [0, 0.1) is 6.92 Å². The molecule has 0 fully saturated rings. The molecule has 0 aliphatic rings. The summed E-state index contributed by atoms with van der Waals surface area (Å²) in [4.78, 5) is 27.5. The highest BCUT2D eigenvalue weighted by molar-refractivity contribution is 7.17. The van der Waals surface area contributed by atoms with Crippen LogP contribution in [-0.2, 0) is 27.3 Å². The van der Waals surface area contributed by atoms with Crippen molar-refractivity contribution >= 4 is 28.7 Å². The Morgan fingerprint density at radius 1 is 1.17 bits per heavy atom. The van der Waals surface area contributed by atoms with E-state index in [4.69, 9.17) is 9.68 Å². The van der Waals surface area contributed by atoms with Crippen molar-refractivity contribution < 1.29 is 27.6 Å². The van der Waals surface area contributed by atoms with Gasteiger partial charge in [-0.3, -0.25) is 4.79 Å². The van der Waals surface area contributed by atoms with E-state index in [1.165, 1.54) is 37.8 Å². The fraction of sp³-hybridized carbons (Fsp3) is 0.250. The van der Waals surface area contributed by atoms with Crippen molar-refractivity contribution in [2.45, 2.75) is 26.6 Å². The SMILES string of the molecule is CNC(=O)/C(=N/OC)c1cccc(C)c1CO/N=C(\C)c1ncc(-c2cccc(C(F)(F)F)c2)s1. The molecular formula is C24H23F3N4O3S. The lowest BCUT2D eigenvalue weighted by atomic mass is 9.98. The molecule has 0 unspecified atom stereocenters. The molecule has 3 rings (SSSR count). The maximum atomic E-state index is 13.0. The average molecular weight is 505 g/mol. The van der Waals surface area contributed by atoms with Crippen molar-refractivity contribution in [3.63, 3.8) is 0 Å². The molecular weight excluding hydrogens is 481 g/mol. The quantitative estimate of drug-likeness (QED) is 0.339. The Morgan fingerprint density at radius 3 is 2.60 bits per heavy atom. The summed E-state index contributed by atoms with van der Waals surface area (Å²) in [7, 11) is 2.85. The summed E-state index contributed by atoms with van der Waals surface area (Å²) in [5.74, 6) is -0.414. The molecule has 35 heavy (non-hydrogen) atoms. The van der Waals surface area contributed by atoms with Gasteiger partial charge in [0.15, 0.2) is 5.71 Å². The number of carbonyl (C=O) groups is 1. The van der Waals surface area contributed by atoms with Crippen molar-refractivity contribution in [3.8, 4) is 10.4 Å². The van der Waals surface area contributed by atoms with Crippen molar-refractivity contribution in [2.24, 2.45) is 10.3 Å². The monoisotopic (exact) mass is 504 g/mol. The number of rotatable bonds is 8. The summed E-state index contributed by atoms with van der Waals surface area (Å²) in [5.41, 5.74) is 2.36. The zero-order chi connectivity index (χ0) is 25.6. The van der Waals surface area contributed by atoms with Crippen LogP contribution >= 0.6 is 11.3 Å². The topological polar surface area (TPSA) is 85.2 Å². The molecule has 0 bridgehead atoms. The molecule has 0 radical (unpaired) electrons. The number of likely N-dealkylation sites (N-methyl/N-ethyl adjacent to an activating group) is 1. The van der Waals surface area contributed by atoms with Gasteiger partial charge < -0.3 is 15.0 Å². The molecule has 1 aromatic heterocycles. The van der Waals surface area contributed by atoms with Crippen LogP contribution in [0.4, 0.5) is 13.2 Å². The Hall–Kier alpha value is -3.73. The van der Waals surface area contributed by atoms with Gasteiger partial charge in [-0.15, -0.1) is 11.3 Å². The van der Waals surface area contributed by atoms with Crippen molar-refractivity contribution in [1.82, 2.24) is 10.3 Å². The highest BCUT2D eigenvalue weighted by Crippen LogP contribution is 2.34. The fourth-order valence-corrected chi connectivity index (χ4v) is 4.04. The smallest absolute Gasteiger partial charge is 0.398 e. The van der Waals surface area contributed by atoms with Crippen LogP contribution in [0.1, 0.15) is 34.2 Å². The number of oxime groups is 2. The van der Waals surface area contributed by atoms with E-state index >= 15 is 0 Å². The van der Waals surface area contributed by atoms with Crippen molar-refractivity contribution in [3.05, 3.63) is 75.9 Å². The molecule has 1 amide bonds. The van der Waals surface area contributed by atoms with Gasteiger partial charge in [0.2, 0.25) is 0 Å². The first kappa shape index (κ1) is 25.9. The number of benzene rings is 2. The molecule has 0 atom stereocenters. The molecule has 1 N–H and O–H groups in total. The van der Waals surface area contributed by atoms with E-state index in [0.29, 0.717) is 32.3 Å². The maximum absolute atomic E-state index is 13.0. The van der Waals surface area contributed by atoms with Crippen LogP contribution < -0.4 is 5.32 Å². The Kier molecular flexibility index (Phi) is 8.23. The van der Waals surface area contributed by atoms with Gasteiger partial charge in [0.25, 0.3) is 5.91 Å². The first-order valence-corrected chi connectivity index (χ1v) is 11.2. The summed E-state index contributed by atoms with van der Waals surface area (Å²) >= 11 is 1.21. The standard InChI is InChI=1S/C24H23F3N4O3S/c1-14-7-5-10-18(21(31-33-4)22(32)28-3)19(14)13-34-30-15(2)23-29-12-20(35-23)16-8-6-9-17(11-16)24(25,26)27/h5-12H,13H2,1-4H3,(H,28,32)/b30-15+,31-21+. The van der Waals surface area contributed by atoms with Crippen LogP contribution in [0.15, 0.2) is 59.0 Å². The van der Waals surface area contributed by atoms with Gasteiger partial charge in [-0.1, -0.05) is 40.6 Å². The molecule has 0 aliphatic heterocycles. The van der Waals surface area contributed by atoms with Crippen LogP contribution in [0.5, 0.6) is 0 Å². The minimum atomic E-state index is -4.42. The Balaban J connectivity index is 1.80. The summed E-state index contributed by atoms with van der Waals surface area (Å²) in [5, 5.41) is 11.0. The second-order valence-corrected chi connectivity index (χ2v) is 8.39. The molecule has 11 heteroatoms. The summed E-state index contributed by atoms with van der Waals surface area (Å²) in [6, 6.07) is 10.5. The number of nitrogens with one attached hydrogen (secondary N) is 1. The van der Waals surface area contributed by atoms with Crippen LogP contribution in [0.25, 0.3) is 10.4 Å². The van der Waals surface area contributed by atoms with Gasteiger partial charge in [-0.25, -0.2) is 4.98 Å². The molecule has 7 nitrogen and oxygen atoms in total. The molecule has 0 aliphatic carbocycles. The lowest BCUT2D eigenvalue weighted by Gasteiger charge is -2.12. The van der Waals surface area contributed by atoms with Gasteiger partial charge in [-0.2, -0.15) is 13.2 Å². The number of alkyl halides is 3. The van der Waals surface area contributed by atoms with E-state index in [1.807, 2.05) is 13.0 Å². The summed E-state index contributed by atoms with van der Waals surface area (Å²) in [6.07, 6.45) is -2.92. The van der Waals surface area contributed by atoms with E-state index in [2.05, 4.69) is 20.6 Å². The zero-order valence-electron chi connectivity index (χ0n) is 19.4. The third-order valence-electron chi connectivity index (χ3n) is 4.99. The van der Waals surface area contributed by atoms with E-state index < -0.39 is 17.6 Å². The van der Waals surface area contributed by atoms with E-state index in [-0.39, 0.29) is 12.3 Å². The van der Waals surface area contributed by atoms with Gasteiger partial charge in [-0.05, 0) is 37.1 Å². The Morgan fingerprint density at radius 2 is 1.91 bits per heavy atom. The average Bonchev–Trinajstić information content (AvgIpc) is 3.33. The number of halogens is 3. The normalized spacial score (nSPS) is 12.4. The predicted octanol–water partition coefficient (Wildman–Crippen LogP) is 5.17. The number of hydrogen-bond acceptors (Lipinski definition) is 7. The maximum Gasteiger partial charge on any atom is 0.416 e. The minimum absolute atomic E-state index is 0.0466. The van der Waals surface area contributed by atoms with E-state index in [1.54, 1.807) is 25.1 Å². The Labute approximate surface area is 204 Å². The lowest BCUT2D eigenvalue weighted by molar-refractivity contribution is -0.137. The lowest BCUT2D eigenvalue weighted by Crippen LogP contribution is -2.29. The van der Waals surface area contributed by atoms with Crippen molar-refractivity contribution in [2.75, 3.05) is 14.2 Å². The molecule has 3 aromatic rings. The highest BCUT2D eigenvalue weighted by atomic mass is 32.1. The molecule has 2 aromatic carbocycles. The summed E-state index contributed by atoms with van der Waals surface area (Å²) in [6.45, 7) is 3.61. The molecule has 0 saturated heterocycles. The first-order valence-electron chi connectivity index (χ1n) is 10.4. The molecule has 0 saturated carbocycles. The van der Waals surface area contributed by atoms with E-state index in [9.17, 15) is 18.0 Å². The van der Waals surface area contributed by atoms with Gasteiger partial charge in [0.05, 0.1) is 10.4 Å². The van der Waals surface area contributed by atoms with E-state index in [0.717, 1.165) is 17.7 Å². The number of thiazole rings is 1. The number of carbonyl (C=O) groups excluding carboxylic acids is 1. The first-order chi connectivity index (χ1) is 16.7. The van der Waals surface area contributed by atoms with Crippen LogP contribution in [0.3, 0.4) is 0 Å². The van der Waals surface area contributed by atoms with Crippen LogP contribution in [0.2, 0.25) is 0 Å². The number of nitrogens with zero attached hydrogens (tertiary/aromatic N) is 3.